The second kappa shape index (κ2) is 10.0. The highest BCUT2D eigenvalue weighted by Gasteiger charge is 2.15. The number of carbonyl (C=O) groups is 2. The summed E-state index contributed by atoms with van der Waals surface area (Å²) in [6.07, 6.45) is 1.35. The van der Waals surface area contributed by atoms with Crippen LogP contribution in [0.2, 0.25) is 5.02 Å². The topological polar surface area (TPSA) is 124 Å². The molecule has 9 heteroatoms. The molecule has 0 aliphatic heterocycles. The van der Waals surface area contributed by atoms with E-state index >= 15 is 0 Å². The monoisotopic (exact) mass is 415 g/mol. The molecule has 2 aromatic rings. The molecule has 0 aliphatic rings. The van der Waals surface area contributed by atoms with Gasteiger partial charge >= 0.3 is 0 Å². The zero-order valence-corrected chi connectivity index (χ0v) is 16.4. The Morgan fingerprint density at radius 1 is 1.21 bits per heavy atom. The summed E-state index contributed by atoms with van der Waals surface area (Å²) < 4.78 is 15.5. The molecule has 0 spiro atoms. The first-order valence-corrected chi connectivity index (χ1v) is 8.61. The molecular formula is C20H18ClN3O5. The third-order valence-corrected chi connectivity index (χ3v) is 3.92. The second-order valence-corrected chi connectivity index (χ2v) is 6.05. The van der Waals surface area contributed by atoms with Crippen molar-refractivity contribution in [1.29, 1.82) is 5.26 Å². The summed E-state index contributed by atoms with van der Waals surface area (Å²) >= 11 is 6.18. The number of ether oxygens (including phenoxy) is 3. The lowest BCUT2D eigenvalue weighted by Gasteiger charge is -2.12. The highest BCUT2D eigenvalue weighted by molar-refractivity contribution is 6.32. The van der Waals surface area contributed by atoms with E-state index in [9.17, 15) is 14.9 Å². The highest BCUT2D eigenvalue weighted by atomic mass is 35.5. The quantitative estimate of drug-likeness (QED) is 0.504. The van der Waals surface area contributed by atoms with E-state index < -0.39 is 11.8 Å². The lowest BCUT2D eigenvalue weighted by molar-refractivity contribution is -0.120. The van der Waals surface area contributed by atoms with Gasteiger partial charge in [-0.05, 0) is 48.0 Å². The largest absolute Gasteiger partial charge is 0.497 e. The Bertz CT molecular complexity index is 981. The molecule has 0 saturated heterocycles. The number of benzene rings is 2. The Morgan fingerprint density at radius 2 is 1.90 bits per heavy atom. The van der Waals surface area contributed by atoms with E-state index in [2.05, 4.69) is 5.32 Å². The van der Waals surface area contributed by atoms with E-state index in [-0.39, 0.29) is 28.7 Å². The predicted octanol–water partition coefficient (Wildman–Crippen LogP) is 2.77. The molecule has 0 saturated carbocycles. The van der Waals surface area contributed by atoms with Crippen LogP contribution in [0.1, 0.15) is 5.56 Å². The number of amides is 2. The summed E-state index contributed by atoms with van der Waals surface area (Å²) in [4.78, 5) is 23.3. The minimum atomic E-state index is -0.672. The van der Waals surface area contributed by atoms with Crippen molar-refractivity contribution in [2.45, 2.75) is 0 Å². The molecule has 29 heavy (non-hydrogen) atoms. The molecule has 8 nitrogen and oxygen atoms in total. The number of rotatable bonds is 8. The van der Waals surface area contributed by atoms with Crippen LogP contribution in [-0.4, -0.2) is 32.6 Å². The summed E-state index contributed by atoms with van der Waals surface area (Å²) in [5.74, 6) is -0.278. The number of halogens is 1. The van der Waals surface area contributed by atoms with Crippen molar-refractivity contribution in [3.63, 3.8) is 0 Å². The lowest BCUT2D eigenvalue weighted by atomic mass is 10.1. The molecular weight excluding hydrogens is 398 g/mol. The van der Waals surface area contributed by atoms with E-state index in [0.717, 1.165) is 0 Å². The molecule has 150 valence electrons. The van der Waals surface area contributed by atoms with Gasteiger partial charge in [0.1, 0.15) is 17.4 Å². The summed E-state index contributed by atoms with van der Waals surface area (Å²) in [5, 5.41) is 12.1. The second-order valence-electron chi connectivity index (χ2n) is 5.64. The first kappa shape index (κ1) is 21.6. The van der Waals surface area contributed by atoms with Gasteiger partial charge in [0.25, 0.3) is 11.8 Å². The van der Waals surface area contributed by atoms with Crippen LogP contribution in [0, 0.1) is 11.3 Å². The van der Waals surface area contributed by atoms with Crippen molar-refractivity contribution in [2.24, 2.45) is 5.73 Å². The molecule has 0 aliphatic carbocycles. The number of nitrogens with one attached hydrogen (secondary N) is 1. The van der Waals surface area contributed by atoms with Gasteiger partial charge < -0.3 is 25.3 Å². The van der Waals surface area contributed by atoms with Gasteiger partial charge in [0.2, 0.25) is 0 Å². The first-order chi connectivity index (χ1) is 13.9. The van der Waals surface area contributed by atoms with Gasteiger partial charge in [-0.3, -0.25) is 9.59 Å². The van der Waals surface area contributed by atoms with Crippen LogP contribution in [0.3, 0.4) is 0 Å². The number of nitrogens with two attached hydrogens (primary N) is 1. The number of hydrogen-bond donors (Lipinski definition) is 2. The van der Waals surface area contributed by atoms with Gasteiger partial charge in [-0.1, -0.05) is 11.6 Å². The zero-order chi connectivity index (χ0) is 21.4. The summed E-state index contributed by atoms with van der Waals surface area (Å²) in [6, 6.07) is 11.5. The Hall–Kier alpha value is -3.70. The Morgan fingerprint density at radius 3 is 2.45 bits per heavy atom. The van der Waals surface area contributed by atoms with Gasteiger partial charge in [-0.2, -0.15) is 5.26 Å². The molecule has 0 bridgehead atoms. The van der Waals surface area contributed by atoms with Gasteiger partial charge in [-0.25, -0.2) is 0 Å². The average molecular weight is 416 g/mol. The van der Waals surface area contributed by atoms with Crippen LogP contribution < -0.4 is 25.3 Å². The predicted molar refractivity (Wildman–Crippen MR) is 108 cm³/mol. The molecule has 0 aromatic heterocycles. The number of anilines is 1. The van der Waals surface area contributed by atoms with Gasteiger partial charge in [0.15, 0.2) is 18.1 Å². The van der Waals surface area contributed by atoms with Gasteiger partial charge in [-0.15, -0.1) is 0 Å². The van der Waals surface area contributed by atoms with Crippen LogP contribution in [0.5, 0.6) is 17.2 Å². The molecule has 2 rings (SSSR count). The normalized spacial score (nSPS) is 10.6. The van der Waals surface area contributed by atoms with Crippen LogP contribution in [-0.2, 0) is 9.59 Å². The Balaban J connectivity index is 2.26. The standard InChI is InChI=1S/C20H18ClN3O5/c1-27-15-5-3-14(4-6-15)24-20(26)13(10-22)7-12-8-16(21)19(17(9-12)28-2)29-11-18(23)25/h3-9H,11H2,1-2H3,(H2,23,25)(H,24,26)/b13-7+. The van der Waals surface area contributed by atoms with Gasteiger partial charge in [0, 0.05) is 5.69 Å². The van der Waals surface area contributed by atoms with E-state index in [0.29, 0.717) is 17.0 Å². The van der Waals surface area contributed by atoms with Crippen molar-refractivity contribution < 1.29 is 23.8 Å². The maximum Gasteiger partial charge on any atom is 0.266 e. The van der Waals surface area contributed by atoms with Gasteiger partial charge in [0.05, 0.1) is 19.2 Å². The minimum absolute atomic E-state index is 0.129. The highest BCUT2D eigenvalue weighted by Crippen LogP contribution is 2.37. The third kappa shape index (κ3) is 5.89. The van der Waals surface area contributed by atoms with Crippen molar-refractivity contribution >= 4 is 35.2 Å². The van der Waals surface area contributed by atoms with E-state index in [1.807, 2.05) is 6.07 Å². The molecule has 0 radical (unpaired) electrons. The van der Waals surface area contributed by atoms with Crippen molar-refractivity contribution in [2.75, 3.05) is 26.1 Å². The van der Waals surface area contributed by atoms with Crippen LogP contribution >= 0.6 is 11.6 Å². The number of methoxy groups -OCH3 is 2. The van der Waals surface area contributed by atoms with Crippen molar-refractivity contribution in [3.8, 4) is 23.3 Å². The van der Waals surface area contributed by atoms with E-state index in [1.54, 1.807) is 24.3 Å². The fourth-order valence-electron chi connectivity index (χ4n) is 2.29. The number of primary amides is 1. The summed E-state index contributed by atoms with van der Waals surface area (Å²) in [7, 11) is 2.92. The van der Waals surface area contributed by atoms with Crippen LogP contribution in [0.4, 0.5) is 5.69 Å². The fourth-order valence-corrected chi connectivity index (χ4v) is 2.57. The maximum atomic E-state index is 12.4. The fraction of sp³-hybridized carbons (Fsp3) is 0.150. The molecule has 2 amide bonds. The lowest BCUT2D eigenvalue weighted by Crippen LogP contribution is -2.20. The van der Waals surface area contributed by atoms with Crippen LogP contribution in [0.15, 0.2) is 42.0 Å². The average Bonchev–Trinajstić information content (AvgIpc) is 2.71. The number of carbonyl (C=O) groups excluding carboxylic acids is 2. The van der Waals surface area contributed by atoms with E-state index in [1.165, 1.54) is 32.4 Å². The Kier molecular flexibility index (Phi) is 7.46. The number of hydrogen-bond acceptors (Lipinski definition) is 6. The SMILES string of the molecule is COc1ccc(NC(=O)/C(C#N)=C/c2cc(Cl)c(OCC(N)=O)c(OC)c2)cc1. The number of nitrogens with zero attached hydrogens (tertiary/aromatic N) is 1. The third-order valence-electron chi connectivity index (χ3n) is 3.63. The maximum absolute atomic E-state index is 12.4. The summed E-state index contributed by atoms with van der Waals surface area (Å²) in [5.41, 5.74) is 5.85. The number of nitriles is 1. The molecule has 0 fully saturated rings. The molecule has 2 aromatic carbocycles. The molecule has 0 unspecified atom stereocenters. The van der Waals surface area contributed by atoms with E-state index in [4.69, 9.17) is 31.5 Å². The molecule has 0 atom stereocenters. The zero-order valence-electron chi connectivity index (χ0n) is 15.7. The smallest absolute Gasteiger partial charge is 0.266 e. The minimum Gasteiger partial charge on any atom is -0.497 e. The van der Waals surface area contributed by atoms with Crippen molar-refractivity contribution in [1.82, 2.24) is 0 Å². The van der Waals surface area contributed by atoms with Crippen molar-refractivity contribution in [3.05, 3.63) is 52.6 Å². The van der Waals surface area contributed by atoms with Crippen LogP contribution in [0.25, 0.3) is 6.08 Å². The molecule has 0 heterocycles. The first-order valence-electron chi connectivity index (χ1n) is 8.23. The summed E-state index contributed by atoms with van der Waals surface area (Å²) in [6.45, 7) is -0.376. The Labute approximate surface area is 172 Å². The molecule has 3 N–H and O–H groups in total.